The van der Waals surface area contributed by atoms with E-state index in [4.69, 9.17) is 0 Å². The lowest BCUT2D eigenvalue weighted by Gasteiger charge is -2.24. The molecule has 0 radical (unpaired) electrons. The third-order valence-electron chi connectivity index (χ3n) is 3.86. The van der Waals surface area contributed by atoms with Crippen LogP contribution >= 0.6 is 0 Å². The molecular weight excluding hydrogens is 343 g/mol. The highest BCUT2D eigenvalue weighted by molar-refractivity contribution is 7.92. The molecule has 0 unspecified atom stereocenters. The molecule has 2 rings (SSSR count). The van der Waals surface area contributed by atoms with Crippen LogP contribution in [0.3, 0.4) is 0 Å². The van der Waals surface area contributed by atoms with E-state index in [-0.39, 0.29) is 16.3 Å². The van der Waals surface area contributed by atoms with Crippen LogP contribution in [0.25, 0.3) is 0 Å². The quantitative estimate of drug-likeness (QED) is 0.823. The highest BCUT2D eigenvalue weighted by Crippen LogP contribution is 2.17. The first-order chi connectivity index (χ1) is 11.6. The molecule has 0 bridgehead atoms. The van der Waals surface area contributed by atoms with Gasteiger partial charge in [-0.25, -0.2) is 12.8 Å². The lowest BCUT2D eigenvalue weighted by Crippen LogP contribution is -2.42. The molecule has 7 heteroatoms. The fraction of sp³-hybridized carbons (Fsp3) is 0.278. The van der Waals surface area contributed by atoms with Crippen LogP contribution in [0.15, 0.2) is 53.4 Å². The van der Waals surface area contributed by atoms with Gasteiger partial charge in [-0.3, -0.25) is 9.52 Å². The van der Waals surface area contributed by atoms with E-state index < -0.39 is 15.8 Å². The molecule has 0 aromatic heterocycles. The molecule has 25 heavy (non-hydrogen) atoms. The van der Waals surface area contributed by atoms with Gasteiger partial charge in [-0.15, -0.1) is 0 Å². The summed E-state index contributed by atoms with van der Waals surface area (Å²) < 4.78 is 39.8. The van der Waals surface area contributed by atoms with E-state index in [2.05, 4.69) is 10.0 Å². The van der Waals surface area contributed by atoms with Crippen molar-refractivity contribution < 1.29 is 17.6 Å². The summed E-state index contributed by atoms with van der Waals surface area (Å²) in [6.45, 7) is 5.83. The first kappa shape index (κ1) is 18.9. The summed E-state index contributed by atoms with van der Waals surface area (Å²) >= 11 is 0. The average molecular weight is 364 g/mol. The highest BCUT2D eigenvalue weighted by atomic mass is 32.2. The van der Waals surface area contributed by atoms with Gasteiger partial charge >= 0.3 is 0 Å². The van der Waals surface area contributed by atoms with Gasteiger partial charge in [0.1, 0.15) is 5.82 Å². The molecule has 0 aliphatic heterocycles. The van der Waals surface area contributed by atoms with Gasteiger partial charge in [0.2, 0.25) is 0 Å². The standard InChI is InChI=1S/C18H21FN2O3S/c1-4-18(2,3)20-17(22)13-5-9-15(10-6-13)21-25(23,24)16-11-7-14(19)8-12-16/h5-12,21H,4H2,1-3H3,(H,20,22). The second-order valence-corrected chi connectivity index (χ2v) is 8.01. The minimum Gasteiger partial charge on any atom is -0.347 e. The fourth-order valence-electron chi connectivity index (χ4n) is 1.99. The Balaban J connectivity index is 2.12. The van der Waals surface area contributed by atoms with Crippen molar-refractivity contribution in [1.29, 1.82) is 0 Å². The van der Waals surface area contributed by atoms with Crippen molar-refractivity contribution in [2.45, 2.75) is 37.6 Å². The Labute approximate surface area is 147 Å². The third kappa shape index (κ3) is 5.03. The van der Waals surface area contributed by atoms with E-state index in [9.17, 15) is 17.6 Å². The number of anilines is 1. The number of carbonyl (C=O) groups is 1. The van der Waals surface area contributed by atoms with Crippen LogP contribution in [0.1, 0.15) is 37.6 Å². The Morgan fingerprint density at radius 2 is 1.60 bits per heavy atom. The molecule has 134 valence electrons. The second kappa shape index (κ2) is 7.23. The maximum Gasteiger partial charge on any atom is 0.261 e. The zero-order chi connectivity index (χ0) is 18.7. The van der Waals surface area contributed by atoms with Gasteiger partial charge in [0.25, 0.3) is 15.9 Å². The van der Waals surface area contributed by atoms with Crippen LogP contribution in [0.5, 0.6) is 0 Å². The van der Waals surface area contributed by atoms with Gasteiger partial charge in [0.15, 0.2) is 0 Å². The number of hydrogen-bond acceptors (Lipinski definition) is 3. The highest BCUT2D eigenvalue weighted by Gasteiger charge is 2.19. The zero-order valence-electron chi connectivity index (χ0n) is 14.3. The molecule has 0 aliphatic rings. The molecule has 2 aromatic rings. The minimum atomic E-state index is -3.81. The van der Waals surface area contributed by atoms with Gasteiger partial charge in [0, 0.05) is 16.8 Å². The number of rotatable bonds is 6. The van der Waals surface area contributed by atoms with E-state index >= 15 is 0 Å². The summed E-state index contributed by atoms with van der Waals surface area (Å²) in [5.74, 6) is -0.732. The first-order valence-electron chi connectivity index (χ1n) is 7.84. The molecule has 5 nitrogen and oxygen atoms in total. The third-order valence-corrected chi connectivity index (χ3v) is 5.26. The van der Waals surface area contributed by atoms with Gasteiger partial charge < -0.3 is 5.32 Å². The van der Waals surface area contributed by atoms with Crippen LogP contribution in [-0.4, -0.2) is 19.9 Å². The largest absolute Gasteiger partial charge is 0.347 e. The normalized spacial score (nSPS) is 11.8. The van der Waals surface area contributed by atoms with Crippen LogP contribution in [0, 0.1) is 5.82 Å². The fourth-order valence-corrected chi connectivity index (χ4v) is 3.04. The summed E-state index contributed by atoms with van der Waals surface area (Å²) in [4.78, 5) is 12.1. The van der Waals surface area contributed by atoms with Crippen LogP contribution < -0.4 is 10.0 Å². The van der Waals surface area contributed by atoms with Crippen molar-refractivity contribution in [3.63, 3.8) is 0 Å². The van der Waals surface area contributed by atoms with Crippen LogP contribution in [0.4, 0.5) is 10.1 Å². The number of halogens is 1. The summed E-state index contributed by atoms with van der Waals surface area (Å²) in [5, 5.41) is 2.91. The molecule has 0 aliphatic carbocycles. The SMILES string of the molecule is CCC(C)(C)NC(=O)c1ccc(NS(=O)(=O)c2ccc(F)cc2)cc1. The summed E-state index contributed by atoms with van der Waals surface area (Å²) in [7, 11) is -3.81. The molecule has 0 spiro atoms. The molecule has 0 saturated heterocycles. The minimum absolute atomic E-state index is 0.0413. The molecule has 2 N–H and O–H groups in total. The van der Waals surface area contributed by atoms with Crippen molar-refractivity contribution >= 4 is 21.6 Å². The molecule has 2 aromatic carbocycles. The zero-order valence-corrected chi connectivity index (χ0v) is 15.2. The number of hydrogen-bond donors (Lipinski definition) is 2. The maximum atomic E-state index is 12.9. The van der Waals surface area contributed by atoms with Gasteiger partial charge in [-0.05, 0) is 68.8 Å². The lowest BCUT2D eigenvalue weighted by atomic mass is 10.0. The van der Waals surface area contributed by atoms with Crippen molar-refractivity contribution in [3.8, 4) is 0 Å². The smallest absolute Gasteiger partial charge is 0.261 e. The topological polar surface area (TPSA) is 75.3 Å². The summed E-state index contributed by atoms with van der Waals surface area (Å²) in [5.41, 5.74) is 0.432. The van der Waals surface area contributed by atoms with Gasteiger partial charge in [0.05, 0.1) is 4.90 Å². The van der Waals surface area contributed by atoms with Crippen molar-refractivity contribution in [1.82, 2.24) is 5.32 Å². The number of carbonyl (C=O) groups excluding carboxylic acids is 1. The van der Waals surface area contributed by atoms with Gasteiger partial charge in [-0.2, -0.15) is 0 Å². The average Bonchev–Trinajstić information content (AvgIpc) is 2.55. The van der Waals surface area contributed by atoms with Crippen LogP contribution in [0.2, 0.25) is 0 Å². The Kier molecular flexibility index (Phi) is 5.47. The van der Waals surface area contributed by atoms with Crippen molar-refractivity contribution in [2.75, 3.05) is 4.72 Å². The van der Waals surface area contributed by atoms with E-state index in [1.54, 1.807) is 12.1 Å². The number of benzene rings is 2. The Hall–Kier alpha value is -2.41. The molecule has 1 amide bonds. The molecule has 0 heterocycles. The van der Waals surface area contributed by atoms with E-state index in [0.717, 1.165) is 18.6 Å². The van der Waals surface area contributed by atoms with Crippen LogP contribution in [-0.2, 0) is 10.0 Å². The molecular formula is C18H21FN2O3S. The Morgan fingerprint density at radius 1 is 1.04 bits per heavy atom. The Bertz CT molecular complexity index is 845. The van der Waals surface area contributed by atoms with Gasteiger partial charge in [-0.1, -0.05) is 6.92 Å². The van der Waals surface area contributed by atoms with E-state index in [1.807, 2.05) is 20.8 Å². The molecule has 0 saturated carbocycles. The second-order valence-electron chi connectivity index (χ2n) is 6.33. The number of sulfonamides is 1. The summed E-state index contributed by atoms with van der Waals surface area (Å²) in [6.07, 6.45) is 0.786. The number of nitrogens with one attached hydrogen (secondary N) is 2. The predicted molar refractivity (Wildman–Crippen MR) is 95.5 cm³/mol. The first-order valence-corrected chi connectivity index (χ1v) is 9.32. The monoisotopic (exact) mass is 364 g/mol. The Morgan fingerprint density at radius 3 is 2.12 bits per heavy atom. The van der Waals surface area contributed by atoms with E-state index in [0.29, 0.717) is 11.3 Å². The summed E-state index contributed by atoms with van der Waals surface area (Å²) in [6, 6.07) is 10.6. The van der Waals surface area contributed by atoms with Crippen molar-refractivity contribution in [3.05, 3.63) is 59.9 Å². The molecule has 0 fully saturated rings. The van der Waals surface area contributed by atoms with E-state index in [1.165, 1.54) is 24.3 Å². The molecule has 0 atom stereocenters. The number of amides is 1. The lowest BCUT2D eigenvalue weighted by molar-refractivity contribution is 0.0911. The predicted octanol–water partition coefficient (Wildman–Crippen LogP) is 3.54. The maximum absolute atomic E-state index is 12.9. The van der Waals surface area contributed by atoms with Crippen molar-refractivity contribution in [2.24, 2.45) is 0 Å².